The topological polar surface area (TPSA) is 81.8 Å². The second-order valence-electron chi connectivity index (χ2n) is 4.23. The number of ether oxygens (including phenoxy) is 1. The number of halogens is 1. The SMILES string of the molecule is COC(=O)c1cccc(C=Nc2ccc(Cl)cc2)c1[N+](=O)[O-]. The van der Waals surface area contributed by atoms with Crippen molar-refractivity contribution in [2.75, 3.05) is 7.11 Å². The molecule has 0 saturated heterocycles. The standard InChI is InChI=1S/C15H11ClN2O4/c1-22-15(19)13-4-2-3-10(14(13)18(20)21)9-17-12-7-5-11(16)6-8-12/h2-9H,1H3. The third kappa shape index (κ3) is 3.48. The molecule has 0 heterocycles. The number of nitro groups is 1. The van der Waals surface area contributed by atoms with Crippen LogP contribution in [0.3, 0.4) is 0 Å². The Hall–Kier alpha value is -2.73. The predicted molar refractivity (Wildman–Crippen MR) is 83.1 cm³/mol. The van der Waals surface area contributed by atoms with Gasteiger partial charge in [-0.15, -0.1) is 0 Å². The van der Waals surface area contributed by atoms with E-state index in [2.05, 4.69) is 9.73 Å². The molecule has 0 atom stereocenters. The van der Waals surface area contributed by atoms with E-state index in [1.165, 1.54) is 31.5 Å². The molecule has 0 aliphatic heterocycles. The van der Waals surface area contributed by atoms with E-state index < -0.39 is 10.9 Å². The molecule has 7 heteroatoms. The normalized spacial score (nSPS) is 10.6. The van der Waals surface area contributed by atoms with E-state index in [4.69, 9.17) is 11.6 Å². The zero-order chi connectivity index (χ0) is 16.1. The lowest BCUT2D eigenvalue weighted by Crippen LogP contribution is -2.07. The van der Waals surface area contributed by atoms with Gasteiger partial charge in [-0.05, 0) is 36.4 Å². The van der Waals surface area contributed by atoms with E-state index in [0.717, 1.165) is 0 Å². The Morgan fingerprint density at radius 2 is 1.95 bits per heavy atom. The summed E-state index contributed by atoms with van der Waals surface area (Å²) in [6.45, 7) is 0. The predicted octanol–water partition coefficient (Wildman–Crippen LogP) is 3.79. The van der Waals surface area contributed by atoms with Gasteiger partial charge in [-0.2, -0.15) is 0 Å². The molecule has 2 rings (SSSR count). The number of nitrogens with zero attached hydrogens (tertiary/aromatic N) is 2. The molecule has 0 aromatic heterocycles. The van der Waals surface area contributed by atoms with Crippen molar-refractivity contribution in [2.45, 2.75) is 0 Å². The lowest BCUT2D eigenvalue weighted by molar-refractivity contribution is -0.385. The smallest absolute Gasteiger partial charge is 0.344 e. The molecule has 22 heavy (non-hydrogen) atoms. The summed E-state index contributed by atoms with van der Waals surface area (Å²) >= 11 is 5.77. The van der Waals surface area contributed by atoms with Crippen LogP contribution in [0.2, 0.25) is 5.02 Å². The first kappa shape index (κ1) is 15.7. The van der Waals surface area contributed by atoms with Gasteiger partial charge in [-0.25, -0.2) is 4.79 Å². The minimum atomic E-state index is -0.770. The first-order valence-electron chi connectivity index (χ1n) is 6.18. The lowest BCUT2D eigenvalue weighted by Gasteiger charge is -2.03. The van der Waals surface area contributed by atoms with Gasteiger partial charge in [0.25, 0.3) is 5.69 Å². The molecule has 112 valence electrons. The van der Waals surface area contributed by atoms with E-state index in [9.17, 15) is 14.9 Å². The number of carbonyl (C=O) groups is 1. The third-order valence-corrected chi connectivity index (χ3v) is 3.09. The second-order valence-corrected chi connectivity index (χ2v) is 4.66. The number of hydrogen-bond donors (Lipinski definition) is 0. The molecule has 0 radical (unpaired) electrons. The number of benzene rings is 2. The van der Waals surface area contributed by atoms with Gasteiger partial charge >= 0.3 is 5.97 Å². The van der Waals surface area contributed by atoms with Crippen LogP contribution < -0.4 is 0 Å². The number of nitro benzene ring substituents is 1. The summed E-state index contributed by atoms with van der Waals surface area (Å²) in [4.78, 5) is 26.4. The molecular formula is C15H11ClN2O4. The minimum Gasteiger partial charge on any atom is -0.465 e. The van der Waals surface area contributed by atoms with Crippen molar-refractivity contribution < 1.29 is 14.5 Å². The molecule has 0 N–H and O–H groups in total. The average Bonchev–Trinajstić information content (AvgIpc) is 2.53. The highest BCUT2D eigenvalue weighted by molar-refractivity contribution is 6.30. The summed E-state index contributed by atoms with van der Waals surface area (Å²) in [5.74, 6) is -0.770. The summed E-state index contributed by atoms with van der Waals surface area (Å²) in [5.41, 5.74) is 0.338. The summed E-state index contributed by atoms with van der Waals surface area (Å²) in [6.07, 6.45) is 1.33. The minimum absolute atomic E-state index is 0.118. The molecule has 2 aromatic rings. The van der Waals surface area contributed by atoms with Crippen molar-refractivity contribution in [3.63, 3.8) is 0 Å². The van der Waals surface area contributed by atoms with Crippen LogP contribution in [0.15, 0.2) is 47.5 Å². The van der Waals surface area contributed by atoms with Gasteiger partial charge in [0.1, 0.15) is 5.56 Å². The fourth-order valence-corrected chi connectivity index (χ4v) is 1.94. The van der Waals surface area contributed by atoms with Crippen molar-refractivity contribution >= 4 is 35.2 Å². The number of esters is 1. The monoisotopic (exact) mass is 318 g/mol. The molecule has 0 amide bonds. The van der Waals surface area contributed by atoms with Crippen LogP contribution in [0, 0.1) is 10.1 Å². The van der Waals surface area contributed by atoms with Gasteiger partial charge in [-0.1, -0.05) is 17.7 Å². The molecule has 0 bridgehead atoms. The van der Waals surface area contributed by atoms with Crippen molar-refractivity contribution in [1.82, 2.24) is 0 Å². The van der Waals surface area contributed by atoms with E-state index in [1.807, 2.05) is 0 Å². The van der Waals surface area contributed by atoms with Crippen molar-refractivity contribution in [3.8, 4) is 0 Å². The average molecular weight is 319 g/mol. The highest BCUT2D eigenvalue weighted by atomic mass is 35.5. The number of hydrogen-bond acceptors (Lipinski definition) is 5. The molecule has 0 saturated carbocycles. The molecule has 2 aromatic carbocycles. The Labute approximate surface area is 131 Å². The molecular weight excluding hydrogens is 308 g/mol. The maximum Gasteiger partial charge on any atom is 0.344 e. The summed E-state index contributed by atoms with van der Waals surface area (Å²) < 4.78 is 4.56. The van der Waals surface area contributed by atoms with Crippen LogP contribution >= 0.6 is 11.6 Å². The van der Waals surface area contributed by atoms with Gasteiger partial charge in [0.15, 0.2) is 0 Å². The van der Waals surface area contributed by atoms with Gasteiger partial charge in [0.2, 0.25) is 0 Å². The van der Waals surface area contributed by atoms with E-state index in [1.54, 1.807) is 24.3 Å². The third-order valence-electron chi connectivity index (χ3n) is 2.83. The zero-order valence-corrected chi connectivity index (χ0v) is 12.3. The fourth-order valence-electron chi connectivity index (χ4n) is 1.82. The molecule has 0 aliphatic carbocycles. The fraction of sp³-hybridized carbons (Fsp3) is 0.0667. The van der Waals surface area contributed by atoms with Crippen LogP contribution in [-0.2, 0) is 4.74 Å². The van der Waals surface area contributed by atoms with Gasteiger partial charge < -0.3 is 4.74 Å². The van der Waals surface area contributed by atoms with Crippen molar-refractivity contribution in [2.24, 2.45) is 4.99 Å². The van der Waals surface area contributed by atoms with Crippen LogP contribution in [0.25, 0.3) is 0 Å². The summed E-state index contributed by atoms with van der Waals surface area (Å²) in [5, 5.41) is 11.8. The molecule has 0 fully saturated rings. The molecule has 0 spiro atoms. The number of rotatable bonds is 4. The van der Waals surface area contributed by atoms with Crippen LogP contribution in [0.4, 0.5) is 11.4 Å². The van der Waals surface area contributed by atoms with Crippen LogP contribution in [0.5, 0.6) is 0 Å². The zero-order valence-electron chi connectivity index (χ0n) is 11.5. The van der Waals surface area contributed by atoms with Gasteiger partial charge in [0, 0.05) is 11.2 Å². The molecule has 6 nitrogen and oxygen atoms in total. The van der Waals surface area contributed by atoms with E-state index in [0.29, 0.717) is 10.7 Å². The molecule has 0 unspecified atom stereocenters. The Bertz CT molecular complexity index is 742. The first-order chi connectivity index (χ1) is 10.5. The quantitative estimate of drug-likeness (QED) is 0.372. The van der Waals surface area contributed by atoms with Crippen molar-refractivity contribution in [3.05, 3.63) is 68.7 Å². The largest absolute Gasteiger partial charge is 0.465 e. The van der Waals surface area contributed by atoms with Gasteiger partial charge in [-0.3, -0.25) is 15.1 Å². The first-order valence-corrected chi connectivity index (χ1v) is 6.56. The Morgan fingerprint density at radius 1 is 1.27 bits per heavy atom. The van der Waals surface area contributed by atoms with Gasteiger partial charge in [0.05, 0.1) is 23.3 Å². The van der Waals surface area contributed by atoms with Crippen molar-refractivity contribution in [1.29, 1.82) is 0 Å². The van der Waals surface area contributed by atoms with Crippen LogP contribution in [0.1, 0.15) is 15.9 Å². The summed E-state index contributed by atoms with van der Waals surface area (Å²) in [6, 6.07) is 11.0. The van der Waals surface area contributed by atoms with Crippen LogP contribution in [-0.4, -0.2) is 24.2 Å². The Kier molecular flexibility index (Phi) is 4.85. The maximum atomic E-state index is 11.6. The van der Waals surface area contributed by atoms with E-state index >= 15 is 0 Å². The number of carbonyl (C=O) groups excluding carboxylic acids is 1. The second kappa shape index (κ2) is 6.82. The number of methoxy groups -OCH3 is 1. The lowest BCUT2D eigenvalue weighted by atomic mass is 10.1. The number of aliphatic imine (C=N–C) groups is 1. The Morgan fingerprint density at radius 3 is 2.55 bits per heavy atom. The highest BCUT2D eigenvalue weighted by Crippen LogP contribution is 2.24. The molecule has 0 aliphatic rings. The highest BCUT2D eigenvalue weighted by Gasteiger charge is 2.24. The Balaban J connectivity index is 2.44. The van der Waals surface area contributed by atoms with E-state index in [-0.39, 0.29) is 16.8 Å². The number of para-hydroxylation sites is 1. The maximum absolute atomic E-state index is 11.6. The summed E-state index contributed by atoms with van der Waals surface area (Å²) in [7, 11) is 1.17.